The van der Waals surface area contributed by atoms with E-state index in [2.05, 4.69) is 24.1 Å². The third-order valence-electron chi connectivity index (χ3n) is 7.00. The summed E-state index contributed by atoms with van der Waals surface area (Å²) >= 11 is 1.63. The van der Waals surface area contributed by atoms with E-state index in [1.807, 2.05) is 40.0 Å². The minimum absolute atomic E-state index is 0.0949. The highest BCUT2D eigenvalue weighted by atomic mass is 32.1. The van der Waals surface area contributed by atoms with Crippen molar-refractivity contribution in [2.45, 2.75) is 71.4 Å². The van der Waals surface area contributed by atoms with Crippen LogP contribution in [0.25, 0.3) is 11.3 Å². The largest absolute Gasteiger partial charge is 0.365 e. The number of halogens is 1. The number of aromatic nitrogens is 1. The molecule has 1 aromatic carbocycles. The van der Waals surface area contributed by atoms with Crippen LogP contribution in [0.2, 0.25) is 0 Å². The zero-order chi connectivity index (χ0) is 27.0. The average Bonchev–Trinajstić information content (AvgIpc) is 3.52. The normalized spacial score (nSPS) is 22.0. The Kier molecular flexibility index (Phi) is 7.99. The number of ketones is 1. The van der Waals surface area contributed by atoms with Crippen molar-refractivity contribution in [1.82, 2.24) is 15.2 Å². The van der Waals surface area contributed by atoms with Crippen molar-refractivity contribution in [1.29, 1.82) is 0 Å². The molecular formula is C27H35FN4O4S. The van der Waals surface area contributed by atoms with Gasteiger partial charge < -0.3 is 19.9 Å². The van der Waals surface area contributed by atoms with Crippen molar-refractivity contribution < 1.29 is 23.5 Å². The molecule has 0 aliphatic carbocycles. The molecule has 10 heteroatoms. The van der Waals surface area contributed by atoms with Crippen LogP contribution in [-0.2, 0) is 14.3 Å². The SMILES string of the molecule is Cc1sc(N(C)C(C)C)nc1-c1ccc(C(=O)N[C@@H](CC(C)C)C(=O)N2C[C@H](F)[C@H]3OCC(=O)[C@H]32)cc1. The standard InChI is InChI=1S/C27H35FN4O4S/c1-14(2)11-20(26(35)32-12-19(28)24-23(32)21(33)13-36-24)29-25(34)18-9-7-17(8-10-18)22-16(5)37-27(30-22)31(6)15(3)4/h7-10,14-15,19-20,23-24H,11-13H2,1-6H3,(H,29,34)/t19-,20-,23+,24+/m0/s1. The highest BCUT2D eigenvalue weighted by molar-refractivity contribution is 7.16. The van der Waals surface area contributed by atoms with Crippen LogP contribution < -0.4 is 10.2 Å². The number of nitrogens with one attached hydrogen (secondary N) is 1. The van der Waals surface area contributed by atoms with Gasteiger partial charge in [0.1, 0.15) is 31.0 Å². The van der Waals surface area contributed by atoms with Gasteiger partial charge >= 0.3 is 0 Å². The highest BCUT2D eigenvalue weighted by Crippen LogP contribution is 2.33. The summed E-state index contributed by atoms with van der Waals surface area (Å²) in [4.78, 5) is 48.0. The molecule has 4 rings (SSSR count). The van der Waals surface area contributed by atoms with Gasteiger partial charge in [0.15, 0.2) is 10.9 Å². The molecule has 0 unspecified atom stereocenters. The van der Waals surface area contributed by atoms with Gasteiger partial charge in [-0.3, -0.25) is 14.4 Å². The minimum atomic E-state index is -1.42. The molecule has 2 aromatic rings. The monoisotopic (exact) mass is 530 g/mol. The number of likely N-dealkylation sites (tertiary alicyclic amines) is 1. The number of benzene rings is 1. The van der Waals surface area contributed by atoms with Gasteiger partial charge in [0.2, 0.25) is 5.91 Å². The van der Waals surface area contributed by atoms with Crippen molar-refractivity contribution >= 4 is 34.1 Å². The van der Waals surface area contributed by atoms with Gasteiger partial charge in [-0.25, -0.2) is 9.37 Å². The van der Waals surface area contributed by atoms with Crippen LogP contribution >= 0.6 is 11.3 Å². The molecule has 0 bridgehead atoms. The van der Waals surface area contributed by atoms with E-state index in [9.17, 15) is 18.8 Å². The zero-order valence-electron chi connectivity index (χ0n) is 22.2. The molecule has 200 valence electrons. The van der Waals surface area contributed by atoms with E-state index in [-0.39, 0.29) is 24.9 Å². The number of ether oxygens (including phenoxy) is 1. The van der Waals surface area contributed by atoms with E-state index in [1.165, 1.54) is 4.90 Å². The maximum Gasteiger partial charge on any atom is 0.251 e. The van der Waals surface area contributed by atoms with Crippen molar-refractivity contribution in [3.05, 3.63) is 34.7 Å². The Morgan fingerprint density at radius 3 is 2.54 bits per heavy atom. The Morgan fingerprint density at radius 1 is 1.24 bits per heavy atom. The zero-order valence-corrected chi connectivity index (χ0v) is 23.0. The number of Topliss-reactive ketones (excluding diaryl/α,β-unsaturated/α-hetero) is 1. The number of carbonyl (C=O) groups is 3. The first-order valence-electron chi connectivity index (χ1n) is 12.7. The van der Waals surface area contributed by atoms with Crippen molar-refractivity contribution in [3.63, 3.8) is 0 Å². The third-order valence-corrected chi connectivity index (χ3v) is 8.06. The van der Waals surface area contributed by atoms with Gasteiger partial charge in [-0.2, -0.15) is 0 Å². The van der Waals surface area contributed by atoms with Crippen LogP contribution in [0.4, 0.5) is 9.52 Å². The number of fused-ring (bicyclic) bond motifs is 1. The van der Waals surface area contributed by atoms with Gasteiger partial charge in [0, 0.05) is 29.1 Å². The van der Waals surface area contributed by atoms with E-state index in [1.54, 1.807) is 23.5 Å². The van der Waals surface area contributed by atoms with Crippen LogP contribution in [0, 0.1) is 12.8 Å². The van der Waals surface area contributed by atoms with E-state index in [0.29, 0.717) is 18.0 Å². The number of anilines is 1. The fourth-order valence-corrected chi connectivity index (χ4v) is 5.79. The van der Waals surface area contributed by atoms with E-state index in [0.717, 1.165) is 21.3 Å². The van der Waals surface area contributed by atoms with E-state index < -0.39 is 36.2 Å². The highest BCUT2D eigenvalue weighted by Gasteiger charge is 2.53. The topological polar surface area (TPSA) is 91.8 Å². The Hall–Kier alpha value is -2.85. The molecule has 1 N–H and O–H groups in total. The molecule has 1 aromatic heterocycles. The summed E-state index contributed by atoms with van der Waals surface area (Å²) in [5.74, 6) is -1.06. The first kappa shape index (κ1) is 27.2. The van der Waals surface area contributed by atoms with Crippen molar-refractivity contribution in [3.8, 4) is 11.3 Å². The predicted molar refractivity (Wildman–Crippen MR) is 142 cm³/mol. The molecule has 0 spiro atoms. The summed E-state index contributed by atoms with van der Waals surface area (Å²) in [5, 5.41) is 3.76. The summed E-state index contributed by atoms with van der Waals surface area (Å²) in [6.45, 7) is 9.73. The lowest BCUT2D eigenvalue weighted by molar-refractivity contribution is -0.138. The first-order valence-corrected chi connectivity index (χ1v) is 13.5. The number of thiazole rings is 1. The maximum absolute atomic E-state index is 14.4. The number of amides is 2. The molecule has 4 atom stereocenters. The van der Waals surface area contributed by atoms with Crippen LogP contribution in [0.1, 0.15) is 49.4 Å². The molecule has 8 nitrogen and oxygen atoms in total. The Labute approximate surface area is 221 Å². The molecule has 2 aliphatic rings. The van der Waals surface area contributed by atoms with Gasteiger partial charge in [0.05, 0.1) is 12.2 Å². The van der Waals surface area contributed by atoms with E-state index >= 15 is 0 Å². The summed E-state index contributed by atoms with van der Waals surface area (Å²) in [5.41, 5.74) is 2.18. The molecule has 2 aliphatic heterocycles. The number of alkyl halides is 1. The second-order valence-electron chi connectivity index (χ2n) is 10.5. The number of hydrogen-bond donors (Lipinski definition) is 1. The summed E-state index contributed by atoms with van der Waals surface area (Å²) in [6.07, 6.45) is -1.97. The average molecular weight is 531 g/mol. The lowest BCUT2D eigenvalue weighted by Crippen LogP contribution is -2.52. The van der Waals surface area contributed by atoms with Gasteiger partial charge in [-0.05, 0) is 45.2 Å². The lowest BCUT2D eigenvalue weighted by Gasteiger charge is -2.28. The second-order valence-corrected chi connectivity index (χ2v) is 11.7. The summed E-state index contributed by atoms with van der Waals surface area (Å²) in [6, 6.07) is 5.66. The second kappa shape index (κ2) is 10.9. The minimum Gasteiger partial charge on any atom is -0.365 e. The Bertz CT molecular complexity index is 1170. The Balaban J connectivity index is 1.49. The number of carbonyl (C=O) groups excluding carboxylic acids is 3. The molecular weight excluding hydrogens is 495 g/mol. The summed E-state index contributed by atoms with van der Waals surface area (Å²) in [7, 11) is 2.01. The van der Waals surface area contributed by atoms with Crippen LogP contribution in [0.5, 0.6) is 0 Å². The van der Waals surface area contributed by atoms with Crippen molar-refractivity contribution in [2.24, 2.45) is 5.92 Å². The fraction of sp³-hybridized carbons (Fsp3) is 0.556. The van der Waals surface area contributed by atoms with Crippen LogP contribution in [0.15, 0.2) is 24.3 Å². The van der Waals surface area contributed by atoms with Gasteiger partial charge in [0.25, 0.3) is 5.91 Å². The van der Waals surface area contributed by atoms with Gasteiger partial charge in [-0.15, -0.1) is 11.3 Å². The predicted octanol–water partition coefficient (Wildman–Crippen LogP) is 3.62. The molecule has 0 radical (unpaired) electrons. The quantitative estimate of drug-likeness (QED) is 0.561. The van der Waals surface area contributed by atoms with E-state index in [4.69, 9.17) is 9.72 Å². The number of nitrogens with zero attached hydrogens (tertiary/aromatic N) is 3. The fourth-order valence-electron chi connectivity index (χ4n) is 4.76. The number of hydrogen-bond acceptors (Lipinski definition) is 7. The third kappa shape index (κ3) is 5.55. The lowest BCUT2D eigenvalue weighted by atomic mass is 10.0. The molecule has 0 saturated carbocycles. The number of rotatable bonds is 8. The molecule has 37 heavy (non-hydrogen) atoms. The smallest absolute Gasteiger partial charge is 0.251 e. The van der Waals surface area contributed by atoms with Crippen molar-refractivity contribution in [2.75, 3.05) is 25.1 Å². The Morgan fingerprint density at radius 2 is 1.92 bits per heavy atom. The first-order chi connectivity index (χ1) is 17.5. The molecule has 2 fully saturated rings. The molecule has 2 saturated heterocycles. The molecule has 3 heterocycles. The summed E-state index contributed by atoms with van der Waals surface area (Å²) < 4.78 is 19.7. The van der Waals surface area contributed by atoms with Gasteiger partial charge in [-0.1, -0.05) is 26.0 Å². The maximum atomic E-state index is 14.4. The van der Waals surface area contributed by atoms with Crippen LogP contribution in [-0.4, -0.2) is 78.1 Å². The number of aryl methyl sites for hydroxylation is 1. The van der Waals surface area contributed by atoms with Crippen LogP contribution in [0.3, 0.4) is 0 Å². The molecule has 2 amide bonds.